The van der Waals surface area contributed by atoms with Crippen LogP contribution >= 0.6 is 0 Å². The summed E-state index contributed by atoms with van der Waals surface area (Å²) in [6.07, 6.45) is 1.88. The number of benzene rings is 2. The number of hydrogen-bond donors (Lipinski definition) is 2. The van der Waals surface area contributed by atoms with E-state index in [1.807, 2.05) is 83.4 Å². The van der Waals surface area contributed by atoms with Crippen molar-refractivity contribution in [3.63, 3.8) is 0 Å². The first kappa shape index (κ1) is 17.9. The number of pyridine rings is 1. The Kier molecular flexibility index (Phi) is 4.45. The lowest BCUT2D eigenvalue weighted by molar-refractivity contribution is 0.0786. The van der Waals surface area contributed by atoms with Crippen LogP contribution in [0.25, 0.3) is 16.9 Å². The van der Waals surface area contributed by atoms with Gasteiger partial charge in [0.2, 0.25) is 0 Å². The summed E-state index contributed by atoms with van der Waals surface area (Å²) in [6, 6.07) is 22.5. The van der Waals surface area contributed by atoms with E-state index in [4.69, 9.17) is 0 Å². The van der Waals surface area contributed by atoms with Gasteiger partial charge in [0.1, 0.15) is 5.65 Å². The van der Waals surface area contributed by atoms with Crippen molar-refractivity contribution >= 4 is 17.2 Å². The number of carbonyl (C=O) groups excluding carboxylic acids is 1. The largest absolute Gasteiger partial charge is 0.386 e. The molecule has 2 aromatic carbocycles. The van der Waals surface area contributed by atoms with Gasteiger partial charge in [-0.15, -0.1) is 0 Å². The molecule has 0 saturated carbocycles. The molecule has 2 aromatic heterocycles. The standard InChI is InChI=1S/C23H21N3O2/c1-23(2,28)17-10-8-9-16(15-17)21-20(25-19-13-6-7-14-26(19)21)22(27)24-18-11-4-3-5-12-18/h3-15,28H,1-2H3,(H,24,27). The normalized spacial score (nSPS) is 11.5. The maximum Gasteiger partial charge on any atom is 0.276 e. The van der Waals surface area contributed by atoms with E-state index in [2.05, 4.69) is 10.3 Å². The van der Waals surface area contributed by atoms with Crippen LogP contribution in [0.15, 0.2) is 79.0 Å². The highest BCUT2D eigenvalue weighted by molar-refractivity contribution is 6.07. The van der Waals surface area contributed by atoms with E-state index >= 15 is 0 Å². The van der Waals surface area contributed by atoms with E-state index in [-0.39, 0.29) is 5.91 Å². The highest BCUT2D eigenvalue weighted by Gasteiger charge is 2.22. The average molecular weight is 371 g/mol. The molecule has 4 aromatic rings. The Labute approximate surface area is 163 Å². The minimum Gasteiger partial charge on any atom is -0.386 e. The molecule has 0 bridgehead atoms. The fourth-order valence-electron chi connectivity index (χ4n) is 3.19. The van der Waals surface area contributed by atoms with Gasteiger partial charge in [-0.2, -0.15) is 0 Å². The van der Waals surface area contributed by atoms with Crippen LogP contribution in [0.1, 0.15) is 29.9 Å². The zero-order valence-corrected chi connectivity index (χ0v) is 15.8. The number of para-hydroxylation sites is 1. The van der Waals surface area contributed by atoms with Gasteiger partial charge in [0.25, 0.3) is 5.91 Å². The molecular weight excluding hydrogens is 350 g/mol. The minimum absolute atomic E-state index is 0.279. The molecule has 2 N–H and O–H groups in total. The third kappa shape index (κ3) is 3.40. The van der Waals surface area contributed by atoms with Gasteiger partial charge in [0.05, 0.1) is 11.3 Å². The number of rotatable bonds is 4. The second-order valence-electron chi connectivity index (χ2n) is 7.20. The maximum atomic E-state index is 13.0. The molecule has 1 amide bonds. The van der Waals surface area contributed by atoms with E-state index in [1.165, 1.54) is 0 Å². The van der Waals surface area contributed by atoms with Crippen LogP contribution in [-0.2, 0) is 5.60 Å². The first-order valence-corrected chi connectivity index (χ1v) is 9.10. The van der Waals surface area contributed by atoms with Gasteiger partial charge in [-0.25, -0.2) is 4.98 Å². The fraction of sp³-hybridized carbons (Fsp3) is 0.130. The Morgan fingerprint density at radius 2 is 1.75 bits per heavy atom. The van der Waals surface area contributed by atoms with Crippen LogP contribution in [0.4, 0.5) is 5.69 Å². The van der Waals surface area contributed by atoms with Crippen molar-refractivity contribution in [2.75, 3.05) is 5.32 Å². The molecule has 0 radical (unpaired) electrons. The lowest BCUT2D eigenvalue weighted by Crippen LogP contribution is -2.16. The zero-order valence-electron chi connectivity index (χ0n) is 15.8. The fourth-order valence-corrected chi connectivity index (χ4v) is 3.19. The van der Waals surface area contributed by atoms with Gasteiger partial charge in [-0.1, -0.05) is 42.5 Å². The van der Waals surface area contributed by atoms with Crippen LogP contribution < -0.4 is 5.32 Å². The highest BCUT2D eigenvalue weighted by atomic mass is 16.3. The third-order valence-electron chi connectivity index (χ3n) is 4.62. The minimum atomic E-state index is -0.983. The summed E-state index contributed by atoms with van der Waals surface area (Å²) < 4.78 is 1.89. The molecule has 0 aliphatic rings. The van der Waals surface area contributed by atoms with Crippen molar-refractivity contribution < 1.29 is 9.90 Å². The summed E-state index contributed by atoms with van der Waals surface area (Å²) in [4.78, 5) is 17.6. The predicted octanol–water partition coefficient (Wildman–Crippen LogP) is 4.48. The van der Waals surface area contributed by atoms with Gasteiger partial charge in [0, 0.05) is 17.4 Å². The van der Waals surface area contributed by atoms with Crippen molar-refractivity contribution in [3.8, 4) is 11.3 Å². The molecule has 0 atom stereocenters. The number of amides is 1. The number of imidazole rings is 1. The summed E-state index contributed by atoms with van der Waals surface area (Å²) in [5.74, 6) is -0.279. The summed E-state index contributed by atoms with van der Waals surface area (Å²) in [6.45, 7) is 3.48. The first-order valence-electron chi connectivity index (χ1n) is 9.10. The second-order valence-corrected chi connectivity index (χ2v) is 7.20. The van der Waals surface area contributed by atoms with Crippen LogP contribution in [0.3, 0.4) is 0 Å². The van der Waals surface area contributed by atoms with Gasteiger partial charge in [0.15, 0.2) is 5.69 Å². The molecule has 0 aliphatic carbocycles. The Morgan fingerprint density at radius 1 is 1.00 bits per heavy atom. The third-order valence-corrected chi connectivity index (χ3v) is 4.62. The van der Waals surface area contributed by atoms with Crippen LogP contribution in [0, 0.1) is 0 Å². The molecule has 0 unspecified atom stereocenters. The van der Waals surface area contributed by atoms with E-state index in [1.54, 1.807) is 13.8 Å². The number of fused-ring (bicyclic) bond motifs is 1. The lowest BCUT2D eigenvalue weighted by atomic mass is 9.95. The van der Waals surface area contributed by atoms with Gasteiger partial charge >= 0.3 is 0 Å². The van der Waals surface area contributed by atoms with E-state index < -0.39 is 5.60 Å². The molecule has 5 nitrogen and oxygen atoms in total. The van der Waals surface area contributed by atoms with Gasteiger partial charge in [-0.3, -0.25) is 9.20 Å². The monoisotopic (exact) mass is 371 g/mol. The molecule has 28 heavy (non-hydrogen) atoms. The van der Waals surface area contributed by atoms with Crippen molar-refractivity contribution in [2.24, 2.45) is 0 Å². The van der Waals surface area contributed by atoms with Gasteiger partial charge in [-0.05, 0) is 49.7 Å². The summed E-state index contributed by atoms with van der Waals surface area (Å²) >= 11 is 0. The molecule has 2 heterocycles. The molecule has 0 spiro atoms. The summed E-state index contributed by atoms with van der Waals surface area (Å²) in [5.41, 5.74) is 3.02. The Morgan fingerprint density at radius 3 is 2.50 bits per heavy atom. The summed E-state index contributed by atoms with van der Waals surface area (Å²) in [5, 5.41) is 13.3. The van der Waals surface area contributed by atoms with Crippen LogP contribution in [0.5, 0.6) is 0 Å². The SMILES string of the molecule is CC(C)(O)c1cccc(-c2c(C(=O)Nc3ccccc3)nc3ccccn23)c1. The number of aliphatic hydroxyl groups is 1. The van der Waals surface area contributed by atoms with Crippen molar-refractivity contribution in [3.05, 3.63) is 90.3 Å². The average Bonchev–Trinajstić information content (AvgIpc) is 3.08. The number of carbonyl (C=O) groups is 1. The molecular formula is C23H21N3O2. The Bertz CT molecular complexity index is 1140. The first-order chi connectivity index (χ1) is 13.4. The van der Waals surface area contributed by atoms with Crippen molar-refractivity contribution in [1.29, 1.82) is 0 Å². The van der Waals surface area contributed by atoms with Crippen LogP contribution in [-0.4, -0.2) is 20.4 Å². The smallest absolute Gasteiger partial charge is 0.276 e. The molecule has 140 valence electrons. The molecule has 4 rings (SSSR count). The van der Waals surface area contributed by atoms with Gasteiger partial charge < -0.3 is 10.4 Å². The Balaban J connectivity index is 1.86. The van der Waals surface area contributed by atoms with Crippen LogP contribution in [0.2, 0.25) is 0 Å². The predicted molar refractivity (Wildman–Crippen MR) is 110 cm³/mol. The maximum absolute atomic E-state index is 13.0. The van der Waals surface area contributed by atoms with E-state index in [0.29, 0.717) is 22.7 Å². The number of nitrogens with one attached hydrogen (secondary N) is 1. The van der Waals surface area contributed by atoms with E-state index in [0.717, 1.165) is 11.1 Å². The number of aromatic nitrogens is 2. The summed E-state index contributed by atoms with van der Waals surface area (Å²) in [7, 11) is 0. The second kappa shape index (κ2) is 6.94. The number of nitrogens with zero attached hydrogens (tertiary/aromatic N) is 2. The molecule has 0 saturated heterocycles. The quantitative estimate of drug-likeness (QED) is 0.556. The molecule has 5 heteroatoms. The van der Waals surface area contributed by atoms with E-state index in [9.17, 15) is 9.90 Å². The highest BCUT2D eigenvalue weighted by Crippen LogP contribution is 2.30. The van der Waals surface area contributed by atoms with Crippen molar-refractivity contribution in [2.45, 2.75) is 19.4 Å². The lowest BCUT2D eigenvalue weighted by Gasteiger charge is -2.18. The number of anilines is 1. The van der Waals surface area contributed by atoms with Crippen molar-refractivity contribution in [1.82, 2.24) is 9.38 Å². The topological polar surface area (TPSA) is 66.6 Å². The molecule has 0 aliphatic heterocycles. The Hall–Kier alpha value is -3.44. The molecule has 0 fully saturated rings. The zero-order chi connectivity index (χ0) is 19.7. The number of hydrogen-bond acceptors (Lipinski definition) is 3.